The normalized spacial score (nSPS) is 13.4. The maximum absolute atomic E-state index is 10.2. The van der Waals surface area contributed by atoms with Gasteiger partial charge in [-0.25, -0.2) is 0 Å². The first-order valence-corrected chi connectivity index (χ1v) is 12.3. The number of thioether (sulfide) groups is 1. The van der Waals surface area contributed by atoms with E-state index in [-0.39, 0.29) is 5.41 Å². The second-order valence-electron chi connectivity index (χ2n) is 8.79. The Morgan fingerprint density at radius 1 is 0.957 bits per heavy atom. The number of rotatable bonds is 6. The van der Waals surface area contributed by atoms with E-state index in [1.165, 1.54) is 10.3 Å². The third-order valence-corrected chi connectivity index (χ3v) is 15.1. The van der Waals surface area contributed by atoms with E-state index in [1.807, 2.05) is 17.8 Å². The summed E-state index contributed by atoms with van der Waals surface area (Å²) in [5.41, 5.74) is 3.38. The summed E-state index contributed by atoms with van der Waals surface area (Å²) in [6.45, 7) is 21.0. The zero-order valence-electron chi connectivity index (χ0n) is 16.5. The van der Waals surface area contributed by atoms with Gasteiger partial charge in [0.1, 0.15) is 5.75 Å². The predicted octanol–water partition coefficient (Wildman–Crippen LogP) is 7.00. The van der Waals surface area contributed by atoms with Crippen LogP contribution in [0.2, 0.25) is 16.6 Å². The minimum absolute atomic E-state index is 0.0245. The first-order valence-electron chi connectivity index (χ1n) is 8.89. The Labute approximate surface area is 149 Å². The summed E-state index contributed by atoms with van der Waals surface area (Å²) in [4.78, 5) is 1.30. The van der Waals surface area contributed by atoms with Crippen LogP contribution in [0.5, 0.6) is 5.75 Å². The van der Waals surface area contributed by atoms with E-state index in [9.17, 15) is 5.11 Å². The van der Waals surface area contributed by atoms with Crippen molar-refractivity contribution >= 4 is 19.8 Å². The van der Waals surface area contributed by atoms with Crippen LogP contribution in [-0.2, 0) is 5.41 Å². The molecular weight excluding hydrogens is 316 g/mol. The summed E-state index contributed by atoms with van der Waals surface area (Å²) in [6, 6.07) is 6.14. The lowest BCUT2D eigenvalue weighted by Crippen LogP contribution is -2.47. The van der Waals surface area contributed by atoms with Gasteiger partial charge >= 0.3 is 0 Å². The molecule has 0 aliphatic heterocycles. The average molecular weight is 353 g/mol. The molecule has 0 saturated heterocycles. The van der Waals surface area contributed by atoms with Crippen LogP contribution in [0.25, 0.3) is 0 Å². The lowest BCUT2D eigenvalue weighted by atomic mass is 9.86. The van der Waals surface area contributed by atoms with Crippen molar-refractivity contribution in [2.45, 2.75) is 89.2 Å². The van der Waals surface area contributed by atoms with Crippen LogP contribution >= 0.6 is 11.8 Å². The van der Waals surface area contributed by atoms with Crippen molar-refractivity contribution in [1.82, 2.24) is 0 Å². The Kier molecular flexibility index (Phi) is 6.86. The highest BCUT2D eigenvalue weighted by Crippen LogP contribution is 2.45. The second kappa shape index (κ2) is 7.65. The van der Waals surface area contributed by atoms with Crippen LogP contribution in [-0.4, -0.2) is 18.6 Å². The van der Waals surface area contributed by atoms with Gasteiger partial charge in [0.2, 0.25) is 0 Å². The average Bonchev–Trinajstić information content (AvgIpc) is 2.38. The standard InChI is InChI=1S/C20H36OSSi/c1-14(2)23(15(3)4,16(5)6)13-22-17-10-11-19(21)18(12-17)20(7,8)9/h10-12,14-16,21H,13H2,1-9H3. The fourth-order valence-corrected chi connectivity index (χ4v) is 13.9. The van der Waals surface area contributed by atoms with Crippen molar-refractivity contribution in [1.29, 1.82) is 0 Å². The molecule has 0 aliphatic rings. The number of hydrogen-bond donors (Lipinski definition) is 1. The summed E-state index contributed by atoms with van der Waals surface area (Å²) in [6.07, 6.45) is 0. The molecule has 1 aromatic rings. The number of hydrogen-bond acceptors (Lipinski definition) is 2. The zero-order chi connectivity index (χ0) is 18.0. The Morgan fingerprint density at radius 2 is 1.43 bits per heavy atom. The molecule has 1 aromatic carbocycles. The Hall–Kier alpha value is -0.413. The molecule has 0 spiro atoms. The van der Waals surface area contributed by atoms with Crippen molar-refractivity contribution in [3.63, 3.8) is 0 Å². The lowest BCUT2D eigenvalue weighted by Gasteiger charge is -2.43. The number of aromatic hydroxyl groups is 1. The van der Waals surface area contributed by atoms with Gasteiger partial charge < -0.3 is 5.11 Å². The Bertz CT molecular complexity index is 493. The van der Waals surface area contributed by atoms with Gasteiger partial charge in [0.25, 0.3) is 0 Å². The molecule has 132 valence electrons. The molecule has 1 rings (SSSR count). The van der Waals surface area contributed by atoms with E-state index in [2.05, 4.69) is 74.4 Å². The SMILES string of the molecule is CC(C)[Si](CSc1ccc(O)c(C(C)(C)C)c1)(C(C)C)C(C)C. The summed E-state index contributed by atoms with van der Waals surface area (Å²) in [7, 11) is -1.39. The minimum Gasteiger partial charge on any atom is -0.508 e. The third kappa shape index (κ3) is 4.57. The largest absolute Gasteiger partial charge is 0.508 e. The van der Waals surface area contributed by atoms with Gasteiger partial charge in [-0.3, -0.25) is 0 Å². The van der Waals surface area contributed by atoms with Crippen LogP contribution in [0.3, 0.4) is 0 Å². The highest BCUT2D eigenvalue weighted by molar-refractivity contribution is 8.01. The maximum Gasteiger partial charge on any atom is 0.119 e. The summed E-state index contributed by atoms with van der Waals surface area (Å²) >= 11 is 2.00. The second-order valence-corrected chi connectivity index (χ2v) is 16.4. The van der Waals surface area contributed by atoms with Crippen LogP contribution in [0, 0.1) is 0 Å². The molecule has 0 aromatic heterocycles. The third-order valence-electron chi connectivity index (χ3n) is 5.49. The molecule has 0 fully saturated rings. The van der Waals surface area contributed by atoms with Gasteiger partial charge in [0.05, 0.1) is 8.07 Å². The molecule has 1 nitrogen and oxygen atoms in total. The van der Waals surface area contributed by atoms with Crippen LogP contribution < -0.4 is 0 Å². The van der Waals surface area contributed by atoms with E-state index in [0.29, 0.717) is 5.75 Å². The van der Waals surface area contributed by atoms with Crippen molar-refractivity contribution in [2.75, 3.05) is 5.38 Å². The zero-order valence-corrected chi connectivity index (χ0v) is 18.3. The molecule has 23 heavy (non-hydrogen) atoms. The predicted molar refractivity (Wildman–Crippen MR) is 109 cm³/mol. The van der Waals surface area contributed by atoms with Crippen LogP contribution in [0.1, 0.15) is 67.9 Å². The van der Waals surface area contributed by atoms with Gasteiger partial charge in [-0.2, -0.15) is 0 Å². The van der Waals surface area contributed by atoms with E-state index in [4.69, 9.17) is 0 Å². The molecule has 0 atom stereocenters. The molecule has 0 amide bonds. The summed E-state index contributed by atoms with van der Waals surface area (Å²) < 4.78 is 0. The molecule has 0 heterocycles. The molecule has 0 saturated carbocycles. The molecule has 0 unspecified atom stereocenters. The van der Waals surface area contributed by atoms with Crippen LogP contribution in [0.4, 0.5) is 0 Å². The van der Waals surface area contributed by atoms with Crippen LogP contribution in [0.15, 0.2) is 23.1 Å². The van der Waals surface area contributed by atoms with Gasteiger partial charge in [0, 0.05) is 10.5 Å². The fraction of sp³-hybridized carbons (Fsp3) is 0.700. The number of phenolic OH excluding ortho intramolecular Hbond substituents is 1. The van der Waals surface area contributed by atoms with E-state index < -0.39 is 8.07 Å². The highest BCUT2D eigenvalue weighted by atomic mass is 32.2. The topological polar surface area (TPSA) is 20.2 Å². The smallest absolute Gasteiger partial charge is 0.119 e. The van der Waals surface area contributed by atoms with Crippen molar-refractivity contribution < 1.29 is 5.11 Å². The summed E-state index contributed by atoms with van der Waals surface area (Å²) in [5, 5.41) is 11.4. The Morgan fingerprint density at radius 3 is 1.83 bits per heavy atom. The minimum atomic E-state index is -1.39. The summed E-state index contributed by atoms with van der Waals surface area (Å²) in [5.74, 6) is 0.418. The van der Waals surface area contributed by atoms with Crippen molar-refractivity contribution in [3.8, 4) is 5.75 Å². The van der Waals surface area contributed by atoms with E-state index >= 15 is 0 Å². The van der Waals surface area contributed by atoms with Gasteiger partial charge in [-0.05, 0) is 45.6 Å². The van der Waals surface area contributed by atoms with Crippen molar-refractivity contribution in [2.24, 2.45) is 0 Å². The van der Waals surface area contributed by atoms with Gasteiger partial charge in [0.15, 0.2) is 0 Å². The molecule has 3 heteroatoms. The van der Waals surface area contributed by atoms with Gasteiger partial charge in [-0.15, -0.1) is 11.8 Å². The molecule has 0 aliphatic carbocycles. The highest BCUT2D eigenvalue weighted by Gasteiger charge is 2.42. The number of phenols is 1. The number of benzene rings is 1. The first kappa shape index (κ1) is 20.6. The molecule has 0 bridgehead atoms. The van der Waals surface area contributed by atoms with Crippen molar-refractivity contribution in [3.05, 3.63) is 23.8 Å². The monoisotopic (exact) mass is 352 g/mol. The fourth-order valence-electron chi connectivity index (χ4n) is 3.91. The lowest BCUT2D eigenvalue weighted by molar-refractivity contribution is 0.446. The molecular formula is C20H36OSSi. The van der Waals surface area contributed by atoms with E-state index in [0.717, 1.165) is 22.2 Å². The maximum atomic E-state index is 10.2. The Balaban J connectivity index is 3.08. The van der Waals surface area contributed by atoms with Gasteiger partial charge in [-0.1, -0.05) is 62.3 Å². The molecule has 1 N–H and O–H groups in total. The quantitative estimate of drug-likeness (QED) is 0.439. The molecule has 0 radical (unpaired) electrons. The first-order chi connectivity index (χ1) is 10.4. The van der Waals surface area contributed by atoms with E-state index in [1.54, 1.807) is 0 Å².